The van der Waals surface area contributed by atoms with Gasteiger partial charge in [-0.2, -0.15) is 5.10 Å². The Hall–Kier alpha value is -2.28. The summed E-state index contributed by atoms with van der Waals surface area (Å²) in [5.74, 6) is -0.449. The predicted octanol–water partition coefficient (Wildman–Crippen LogP) is 3.14. The lowest BCUT2D eigenvalue weighted by molar-refractivity contribution is -0.122. The standard InChI is InChI=1S/C21H24ClFN4O/c1-16(17-6-8-19(23)9-7-17)24-25-21(28)15-27-12-10-26(11-13-27)14-18-4-2-3-5-20(18)22/h2-9H,10-15H2,1H3,(H,25,28)/b24-16-. The van der Waals surface area contributed by atoms with Crippen molar-refractivity contribution in [3.8, 4) is 0 Å². The molecule has 2 aromatic rings. The molecule has 1 amide bonds. The lowest BCUT2D eigenvalue weighted by atomic mass is 10.1. The molecule has 0 radical (unpaired) electrons. The van der Waals surface area contributed by atoms with Crippen LogP contribution < -0.4 is 5.43 Å². The first-order valence-electron chi connectivity index (χ1n) is 9.28. The molecule has 1 fully saturated rings. The van der Waals surface area contributed by atoms with Gasteiger partial charge in [-0.25, -0.2) is 9.82 Å². The fraction of sp³-hybridized carbons (Fsp3) is 0.333. The average molecular weight is 403 g/mol. The van der Waals surface area contributed by atoms with Crippen LogP contribution in [-0.4, -0.2) is 54.1 Å². The van der Waals surface area contributed by atoms with Gasteiger partial charge < -0.3 is 0 Å². The first-order chi connectivity index (χ1) is 13.5. The van der Waals surface area contributed by atoms with Crippen LogP contribution in [0.3, 0.4) is 0 Å². The Kier molecular flexibility index (Phi) is 7.14. The highest BCUT2D eigenvalue weighted by atomic mass is 35.5. The van der Waals surface area contributed by atoms with Gasteiger partial charge in [-0.15, -0.1) is 0 Å². The van der Waals surface area contributed by atoms with Gasteiger partial charge in [0.15, 0.2) is 0 Å². The van der Waals surface area contributed by atoms with Crippen molar-refractivity contribution in [2.24, 2.45) is 5.10 Å². The maximum Gasteiger partial charge on any atom is 0.254 e. The molecule has 5 nitrogen and oxygen atoms in total. The summed E-state index contributed by atoms with van der Waals surface area (Å²) in [4.78, 5) is 16.6. The molecule has 0 aliphatic carbocycles. The van der Waals surface area contributed by atoms with Crippen molar-refractivity contribution < 1.29 is 9.18 Å². The van der Waals surface area contributed by atoms with Crippen molar-refractivity contribution in [3.63, 3.8) is 0 Å². The highest BCUT2D eigenvalue weighted by Crippen LogP contribution is 2.17. The molecule has 1 saturated heterocycles. The van der Waals surface area contributed by atoms with Crippen molar-refractivity contribution in [1.29, 1.82) is 0 Å². The van der Waals surface area contributed by atoms with E-state index in [2.05, 4.69) is 20.3 Å². The number of nitrogens with zero attached hydrogens (tertiary/aromatic N) is 3. The molecule has 0 aromatic heterocycles. The molecule has 0 saturated carbocycles. The summed E-state index contributed by atoms with van der Waals surface area (Å²) in [5, 5.41) is 4.90. The molecular weight excluding hydrogens is 379 g/mol. The van der Waals surface area contributed by atoms with Crippen molar-refractivity contribution in [2.45, 2.75) is 13.5 Å². The number of hydrazone groups is 1. The third kappa shape index (κ3) is 5.86. The van der Waals surface area contributed by atoms with Gasteiger partial charge in [-0.3, -0.25) is 14.6 Å². The molecule has 0 bridgehead atoms. The maximum atomic E-state index is 13.0. The molecular formula is C21H24ClFN4O. The predicted molar refractivity (Wildman–Crippen MR) is 110 cm³/mol. The molecule has 1 aliphatic heterocycles. The molecule has 1 aliphatic rings. The van der Waals surface area contributed by atoms with Gasteiger partial charge in [-0.1, -0.05) is 41.9 Å². The number of amides is 1. The SMILES string of the molecule is C/C(=N/NC(=O)CN1CCN(Cc2ccccc2Cl)CC1)c1ccc(F)cc1. The van der Waals surface area contributed by atoms with Crippen LogP contribution in [0.2, 0.25) is 5.02 Å². The number of hydrogen-bond acceptors (Lipinski definition) is 4. The van der Waals surface area contributed by atoms with E-state index in [9.17, 15) is 9.18 Å². The van der Waals surface area contributed by atoms with Gasteiger partial charge in [0.05, 0.1) is 12.3 Å². The van der Waals surface area contributed by atoms with Crippen molar-refractivity contribution >= 4 is 23.2 Å². The van der Waals surface area contributed by atoms with Gasteiger partial charge in [0.25, 0.3) is 5.91 Å². The summed E-state index contributed by atoms with van der Waals surface area (Å²) in [6, 6.07) is 13.9. The Balaban J connectivity index is 1.43. The number of benzene rings is 2. The maximum absolute atomic E-state index is 13.0. The largest absolute Gasteiger partial charge is 0.296 e. The van der Waals surface area contributed by atoms with Crippen molar-refractivity contribution in [3.05, 3.63) is 70.5 Å². The summed E-state index contributed by atoms with van der Waals surface area (Å²) < 4.78 is 13.0. The van der Waals surface area contributed by atoms with Gasteiger partial charge in [0.1, 0.15) is 5.82 Å². The van der Waals surface area contributed by atoms with Gasteiger partial charge in [0.2, 0.25) is 0 Å². The topological polar surface area (TPSA) is 47.9 Å². The number of hydrogen-bond donors (Lipinski definition) is 1. The Morgan fingerprint density at radius 3 is 2.39 bits per heavy atom. The monoisotopic (exact) mass is 402 g/mol. The summed E-state index contributed by atoms with van der Waals surface area (Å²) in [5.41, 5.74) is 5.12. The molecule has 0 atom stereocenters. The van der Waals surface area contributed by atoms with Crippen LogP contribution in [-0.2, 0) is 11.3 Å². The molecule has 0 spiro atoms. The molecule has 2 aromatic carbocycles. The Morgan fingerprint density at radius 2 is 1.71 bits per heavy atom. The van der Waals surface area contributed by atoms with Crippen LogP contribution in [0.1, 0.15) is 18.1 Å². The van der Waals surface area contributed by atoms with E-state index in [-0.39, 0.29) is 11.7 Å². The third-order valence-corrected chi connectivity index (χ3v) is 5.16. The van der Waals surface area contributed by atoms with E-state index in [0.717, 1.165) is 48.9 Å². The molecule has 1 heterocycles. The molecule has 0 unspecified atom stereocenters. The Bertz CT molecular complexity index is 833. The number of carbonyl (C=O) groups is 1. The van der Waals surface area contributed by atoms with E-state index in [1.165, 1.54) is 12.1 Å². The average Bonchev–Trinajstić information content (AvgIpc) is 2.70. The number of halogens is 2. The molecule has 7 heteroatoms. The van der Waals surface area contributed by atoms with Crippen LogP contribution in [0.4, 0.5) is 4.39 Å². The zero-order valence-electron chi connectivity index (χ0n) is 15.9. The van der Waals surface area contributed by atoms with Crippen LogP contribution in [0.15, 0.2) is 53.6 Å². The second kappa shape index (κ2) is 9.78. The van der Waals surface area contributed by atoms with Crippen LogP contribution >= 0.6 is 11.6 Å². The Morgan fingerprint density at radius 1 is 1.07 bits per heavy atom. The molecule has 3 rings (SSSR count). The number of piperazine rings is 1. The third-order valence-electron chi connectivity index (χ3n) is 4.79. The zero-order chi connectivity index (χ0) is 19.9. The van der Waals surface area contributed by atoms with Crippen molar-refractivity contribution in [2.75, 3.05) is 32.7 Å². The first-order valence-corrected chi connectivity index (χ1v) is 9.66. The first kappa shape index (κ1) is 20.5. The number of carbonyl (C=O) groups excluding carboxylic acids is 1. The summed E-state index contributed by atoms with van der Waals surface area (Å²) in [7, 11) is 0. The fourth-order valence-corrected chi connectivity index (χ4v) is 3.31. The normalized spacial score (nSPS) is 16.2. The number of rotatable bonds is 6. The van der Waals surface area contributed by atoms with E-state index in [4.69, 9.17) is 11.6 Å². The molecule has 28 heavy (non-hydrogen) atoms. The van der Waals surface area contributed by atoms with E-state index in [1.54, 1.807) is 19.1 Å². The smallest absolute Gasteiger partial charge is 0.254 e. The molecule has 1 N–H and O–H groups in total. The van der Waals surface area contributed by atoms with E-state index in [0.29, 0.717) is 12.3 Å². The number of nitrogens with one attached hydrogen (secondary N) is 1. The lowest BCUT2D eigenvalue weighted by Gasteiger charge is -2.34. The summed E-state index contributed by atoms with van der Waals surface area (Å²) >= 11 is 6.23. The fourth-order valence-electron chi connectivity index (χ4n) is 3.11. The quantitative estimate of drug-likeness (QED) is 0.596. The van der Waals surface area contributed by atoms with Crippen LogP contribution in [0.5, 0.6) is 0 Å². The van der Waals surface area contributed by atoms with Crippen LogP contribution in [0.25, 0.3) is 0 Å². The Labute approximate surface area is 169 Å². The zero-order valence-corrected chi connectivity index (χ0v) is 16.6. The van der Waals surface area contributed by atoms with Gasteiger partial charge >= 0.3 is 0 Å². The van der Waals surface area contributed by atoms with E-state index < -0.39 is 0 Å². The minimum atomic E-state index is -0.297. The minimum absolute atomic E-state index is 0.152. The second-order valence-electron chi connectivity index (χ2n) is 6.88. The van der Waals surface area contributed by atoms with E-state index in [1.807, 2.05) is 24.3 Å². The van der Waals surface area contributed by atoms with Crippen molar-refractivity contribution in [1.82, 2.24) is 15.2 Å². The van der Waals surface area contributed by atoms with Gasteiger partial charge in [0, 0.05) is 37.7 Å². The lowest BCUT2D eigenvalue weighted by Crippen LogP contribution is -2.48. The summed E-state index contributed by atoms with van der Waals surface area (Å²) in [6.07, 6.45) is 0. The van der Waals surface area contributed by atoms with Crippen LogP contribution in [0, 0.1) is 5.82 Å². The van der Waals surface area contributed by atoms with Gasteiger partial charge in [-0.05, 0) is 36.2 Å². The molecule has 148 valence electrons. The highest BCUT2D eigenvalue weighted by Gasteiger charge is 2.19. The highest BCUT2D eigenvalue weighted by molar-refractivity contribution is 6.31. The minimum Gasteiger partial charge on any atom is -0.296 e. The van der Waals surface area contributed by atoms with E-state index >= 15 is 0 Å². The second-order valence-corrected chi connectivity index (χ2v) is 7.29. The summed E-state index contributed by atoms with van der Waals surface area (Å²) in [6.45, 7) is 6.31.